The van der Waals surface area contributed by atoms with E-state index in [1.807, 2.05) is 0 Å². The lowest BCUT2D eigenvalue weighted by Gasteiger charge is -2.22. The molecule has 0 bridgehead atoms. The average Bonchev–Trinajstić information content (AvgIpc) is 3.43. The van der Waals surface area contributed by atoms with Crippen molar-refractivity contribution in [1.82, 2.24) is 5.32 Å². The molecule has 0 rings (SSSR count). The molecular weight excluding hydrogens is 947 g/mol. The number of aliphatic hydroxyl groups excluding tert-OH is 2. The van der Waals surface area contributed by atoms with Gasteiger partial charge in [-0.05, 0) is 57.8 Å². The van der Waals surface area contributed by atoms with E-state index in [0.29, 0.717) is 25.9 Å². The molecule has 0 saturated heterocycles. The highest BCUT2D eigenvalue weighted by atomic mass is 16.5. The second-order valence-electron chi connectivity index (χ2n) is 24.2. The molecule has 0 radical (unpaired) electrons. The third-order valence-corrected chi connectivity index (χ3v) is 16.5. The van der Waals surface area contributed by atoms with Crippen LogP contribution in [0.1, 0.15) is 393 Å². The maximum Gasteiger partial charge on any atom is 0.305 e. The Bertz CT molecular complexity index is 1200. The van der Waals surface area contributed by atoms with Gasteiger partial charge >= 0.3 is 5.97 Å². The third kappa shape index (κ3) is 63.4. The van der Waals surface area contributed by atoms with Crippen LogP contribution in [-0.2, 0) is 14.3 Å². The molecule has 6 nitrogen and oxygen atoms in total. The molecule has 3 N–H and O–H groups in total. The first-order valence-electron chi connectivity index (χ1n) is 35.1. The summed E-state index contributed by atoms with van der Waals surface area (Å²) in [4.78, 5) is 24.5. The maximum absolute atomic E-state index is 12.4. The molecule has 6 heteroatoms. The molecule has 0 aromatic heterocycles. The summed E-state index contributed by atoms with van der Waals surface area (Å²) < 4.78 is 5.50. The van der Waals surface area contributed by atoms with Gasteiger partial charge < -0.3 is 20.3 Å². The Labute approximate surface area is 481 Å². The topological polar surface area (TPSA) is 95.9 Å². The number of aliphatic hydroxyl groups is 2. The number of carbonyl (C=O) groups is 2. The van der Waals surface area contributed by atoms with Crippen LogP contribution in [0.3, 0.4) is 0 Å². The summed E-state index contributed by atoms with van der Waals surface area (Å²) in [6.45, 7) is 4.97. The number of allylic oxidation sites excluding steroid dienone is 4. The number of unbranched alkanes of at least 4 members (excludes halogenated alkanes) is 51. The lowest BCUT2D eigenvalue weighted by Crippen LogP contribution is -2.45. The van der Waals surface area contributed by atoms with Crippen LogP contribution < -0.4 is 5.32 Å². The van der Waals surface area contributed by atoms with E-state index in [1.165, 1.54) is 315 Å². The van der Waals surface area contributed by atoms with E-state index in [-0.39, 0.29) is 18.5 Å². The molecule has 0 aliphatic carbocycles. The minimum Gasteiger partial charge on any atom is -0.466 e. The zero-order valence-electron chi connectivity index (χ0n) is 52.2. The van der Waals surface area contributed by atoms with Gasteiger partial charge in [0.1, 0.15) is 0 Å². The van der Waals surface area contributed by atoms with Crippen LogP contribution in [0.2, 0.25) is 0 Å². The molecule has 0 fully saturated rings. The Balaban J connectivity index is 3.33. The zero-order chi connectivity index (χ0) is 55.7. The van der Waals surface area contributed by atoms with Gasteiger partial charge in [-0.1, -0.05) is 346 Å². The first-order chi connectivity index (χ1) is 38.0. The van der Waals surface area contributed by atoms with Crippen molar-refractivity contribution in [3.8, 4) is 0 Å². The third-order valence-electron chi connectivity index (χ3n) is 16.5. The minimum atomic E-state index is -0.660. The van der Waals surface area contributed by atoms with Gasteiger partial charge in [-0.25, -0.2) is 0 Å². The van der Waals surface area contributed by atoms with Gasteiger partial charge in [0.2, 0.25) is 5.91 Å². The molecule has 0 spiro atoms. The fourth-order valence-electron chi connectivity index (χ4n) is 11.1. The van der Waals surface area contributed by atoms with Crippen LogP contribution in [0.25, 0.3) is 0 Å². The van der Waals surface area contributed by atoms with Gasteiger partial charge in [-0.2, -0.15) is 0 Å². The van der Waals surface area contributed by atoms with Crippen molar-refractivity contribution in [1.29, 1.82) is 0 Å². The summed E-state index contributed by atoms with van der Waals surface area (Å²) in [6.07, 6.45) is 83.9. The summed E-state index contributed by atoms with van der Waals surface area (Å²) in [7, 11) is 0. The van der Waals surface area contributed by atoms with Gasteiger partial charge in [-0.15, -0.1) is 0 Å². The zero-order valence-corrected chi connectivity index (χ0v) is 52.2. The van der Waals surface area contributed by atoms with E-state index >= 15 is 0 Å². The quantitative estimate of drug-likeness (QED) is 0.0320. The minimum absolute atomic E-state index is 0.0202. The van der Waals surface area contributed by atoms with Crippen LogP contribution in [0.15, 0.2) is 24.3 Å². The highest BCUT2D eigenvalue weighted by Crippen LogP contribution is 2.19. The van der Waals surface area contributed by atoms with Crippen molar-refractivity contribution in [2.45, 2.75) is 405 Å². The Morgan fingerprint density at radius 1 is 0.364 bits per heavy atom. The highest BCUT2D eigenvalue weighted by molar-refractivity contribution is 5.76. The average molecular weight is 1080 g/mol. The molecule has 456 valence electrons. The number of carbonyl (C=O) groups excluding carboxylic acids is 2. The number of amides is 1. The number of esters is 1. The number of hydrogen-bond acceptors (Lipinski definition) is 5. The molecular formula is C71H137NO5. The SMILES string of the molecule is CCCCCCCCCCCCCCCCCC(=O)OCCCCCCCCCCCCC/C=C\C/C=C\CCCCCCCCCCCCCCCCCCCC(=O)NC(CO)C(O)CCCCCCCCCCCC. The van der Waals surface area contributed by atoms with E-state index in [4.69, 9.17) is 4.74 Å². The summed E-state index contributed by atoms with van der Waals surface area (Å²) in [5.41, 5.74) is 0. The number of nitrogens with one attached hydrogen (secondary N) is 1. The van der Waals surface area contributed by atoms with E-state index in [1.54, 1.807) is 0 Å². The van der Waals surface area contributed by atoms with Crippen molar-refractivity contribution in [3.63, 3.8) is 0 Å². The van der Waals surface area contributed by atoms with E-state index in [2.05, 4.69) is 43.5 Å². The lowest BCUT2D eigenvalue weighted by atomic mass is 10.0. The van der Waals surface area contributed by atoms with E-state index in [0.717, 1.165) is 44.9 Å². The molecule has 0 aromatic rings. The van der Waals surface area contributed by atoms with Crippen molar-refractivity contribution in [2.24, 2.45) is 0 Å². The van der Waals surface area contributed by atoms with Crippen LogP contribution in [0.4, 0.5) is 0 Å². The van der Waals surface area contributed by atoms with Gasteiger partial charge in [0.25, 0.3) is 0 Å². The largest absolute Gasteiger partial charge is 0.466 e. The number of hydrogen-bond donors (Lipinski definition) is 3. The van der Waals surface area contributed by atoms with E-state index < -0.39 is 12.1 Å². The first kappa shape index (κ1) is 75.3. The Kier molecular flexibility index (Phi) is 65.4. The predicted octanol–water partition coefficient (Wildman–Crippen LogP) is 22.5. The number of rotatable bonds is 66. The molecule has 1 amide bonds. The second-order valence-corrected chi connectivity index (χ2v) is 24.2. The lowest BCUT2D eigenvalue weighted by molar-refractivity contribution is -0.143. The Morgan fingerprint density at radius 2 is 0.649 bits per heavy atom. The van der Waals surface area contributed by atoms with Gasteiger partial charge in [0, 0.05) is 12.8 Å². The molecule has 77 heavy (non-hydrogen) atoms. The standard InChI is InChI=1S/C71H137NO5/c1-3-5-7-9-11-13-15-16-38-42-45-49-53-57-61-65-71(76)77-66-62-58-54-50-46-43-40-37-35-33-31-29-27-25-23-21-19-17-18-20-22-24-26-28-30-32-34-36-39-41-44-48-52-56-60-64-70(75)72-68(67-73)69(74)63-59-55-51-47-14-12-10-8-6-4-2/h19,21,25,27,68-69,73-74H,3-18,20,22-24,26,28-67H2,1-2H3,(H,72,75)/b21-19-,27-25-. The Hall–Kier alpha value is -1.66. The molecule has 2 atom stereocenters. The van der Waals surface area contributed by atoms with Crippen molar-refractivity contribution < 1.29 is 24.5 Å². The Morgan fingerprint density at radius 3 is 0.987 bits per heavy atom. The van der Waals surface area contributed by atoms with Crippen LogP contribution in [0.5, 0.6) is 0 Å². The molecule has 0 aromatic carbocycles. The predicted molar refractivity (Wildman–Crippen MR) is 338 cm³/mol. The monoisotopic (exact) mass is 1080 g/mol. The molecule has 0 aliphatic heterocycles. The van der Waals surface area contributed by atoms with Crippen molar-refractivity contribution in [3.05, 3.63) is 24.3 Å². The van der Waals surface area contributed by atoms with Crippen LogP contribution >= 0.6 is 0 Å². The maximum atomic E-state index is 12.4. The summed E-state index contributed by atoms with van der Waals surface area (Å²) >= 11 is 0. The molecule has 0 heterocycles. The smallest absolute Gasteiger partial charge is 0.305 e. The van der Waals surface area contributed by atoms with Gasteiger partial charge in [0.15, 0.2) is 0 Å². The fraction of sp³-hybridized carbons (Fsp3) is 0.915. The fourth-order valence-corrected chi connectivity index (χ4v) is 11.1. The second kappa shape index (κ2) is 66.8. The first-order valence-corrected chi connectivity index (χ1v) is 35.1. The van der Waals surface area contributed by atoms with Crippen molar-refractivity contribution in [2.75, 3.05) is 13.2 Å². The van der Waals surface area contributed by atoms with E-state index in [9.17, 15) is 19.8 Å². The molecule has 0 saturated carbocycles. The van der Waals surface area contributed by atoms with Crippen molar-refractivity contribution >= 4 is 11.9 Å². The van der Waals surface area contributed by atoms with Crippen LogP contribution in [0, 0.1) is 0 Å². The summed E-state index contributed by atoms with van der Waals surface area (Å²) in [5, 5.41) is 23.2. The van der Waals surface area contributed by atoms with Crippen LogP contribution in [-0.4, -0.2) is 47.4 Å². The highest BCUT2D eigenvalue weighted by Gasteiger charge is 2.20. The normalized spacial score (nSPS) is 12.6. The number of ether oxygens (including phenoxy) is 1. The molecule has 2 unspecified atom stereocenters. The van der Waals surface area contributed by atoms with Gasteiger partial charge in [0.05, 0.1) is 25.4 Å². The summed E-state index contributed by atoms with van der Waals surface area (Å²) in [5.74, 6) is -0.0123. The van der Waals surface area contributed by atoms with Gasteiger partial charge in [-0.3, -0.25) is 9.59 Å². The summed E-state index contributed by atoms with van der Waals surface area (Å²) in [6, 6.07) is -0.537. The molecule has 0 aliphatic rings.